The van der Waals surface area contributed by atoms with Gasteiger partial charge in [0.1, 0.15) is 5.60 Å². The molecular weight excluding hydrogens is 240 g/mol. The van der Waals surface area contributed by atoms with Gasteiger partial charge in [0.2, 0.25) is 0 Å². The molecule has 19 heavy (non-hydrogen) atoms. The molecule has 0 spiro atoms. The SMILES string of the molecule is C[C@H]1CCCN1C1CCN(C(=O)OC(C)(C)C)CC1. The Balaban J connectivity index is 1.80. The van der Waals surface area contributed by atoms with Crippen LogP contribution in [0.1, 0.15) is 53.4 Å². The summed E-state index contributed by atoms with van der Waals surface area (Å²) in [5, 5.41) is 0. The molecule has 2 aliphatic rings. The van der Waals surface area contributed by atoms with Crippen LogP contribution in [0.4, 0.5) is 4.79 Å². The van der Waals surface area contributed by atoms with Gasteiger partial charge in [0.05, 0.1) is 0 Å². The molecule has 1 amide bonds. The van der Waals surface area contributed by atoms with Crippen molar-refractivity contribution < 1.29 is 9.53 Å². The summed E-state index contributed by atoms with van der Waals surface area (Å²) in [6, 6.07) is 1.38. The molecule has 0 aromatic heterocycles. The molecule has 0 bridgehead atoms. The first-order chi connectivity index (χ1) is 8.87. The molecule has 2 aliphatic heterocycles. The Labute approximate surface area is 117 Å². The normalized spacial score (nSPS) is 26.7. The lowest BCUT2D eigenvalue weighted by atomic mass is 10.0. The molecule has 0 aromatic rings. The van der Waals surface area contributed by atoms with Crippen molar-refractivity contribution >= 4 is 6.09 Å². The Morgan fingerprint density at radius 3 is 2.21 bits per heavy atom. The predicted molar refractivity (Wildman–Crippen MR) is 76.2 cm³/mol. The summed E-state index contributed by atoms with van der Waals surface area (Å²) in [5.74, 6) is 0. The van der Waals surface area contributed by atoms with E-state index < -0.39 is 5.60 Å². The molecule has 0 N–H and O–H groups in total. The average molecular weight is 268 g/mol. The fourth-order valence-electron chi connectivity index (χ4n) is 3.20. The minimum absolute atomic E-state index is 0.152. The fraction of sp³-hybridized carbons (Fsp3) is 0.933. The van der Waals surface area contributed by atoms with Crippen molar-refractivity contribution in [2.45, 2.75) is 71.1 Å². The maximum atomic E-state index is 12.0. The Morgan fingerprint density at radius 2 is 1.74 bits per heavy atom. The van der Waals surface area contributed by atoms with E-state index in [0.717, 1.165) is 32.0 Å². The molecule has 0 aromatic carbocycles. The van der Waals surface area contributed by atoms with Gasteiger partial charge in [0.15, 0.2) is 0 Å². The maximum Gasteiger partial charge on any atom is 0.410 e. The van der Waals surface area contributed by atoms with Crippen LogP contribution in [-0.4, -0.2) is 53.2 Å². The molecule has 110 valence electrons. The highest BCUT2D eigenvalue weighted by Crippen LogP contribution is 2.26. The second-order valence-corrected chi connectivity index (χ2v) is 6.93. The summed E-state index contributed by atoms with van der Waals surface area (Å²) < 4.78 is 5.43. The van der Waals surface area contributed by atoms with E-state index in [1.165, 1.54) is 19.4 Å². The van der Waals surface area contributed by atoms with Crippen LogP contribution in [0.25, 0.3) is 0 Å². The van der Waals surface area contributed by atoms with Crippen LogP contribution < -0.4 is 0 Å². The Morgan fingerprint density at radius 1 is 1.11 bits per heavy atom. The maximum absolute atomic E-state index is 12.0. The third-order valence-electron chi connectivity index (χ3n) is 4.19. The van der Waals surface area contributed by atoms with Gasteiger partial charge < -0.3 is 9.64 Å². The number of nitrogens with zero attached hydrogens (tertiary/aromatic N) is 2. The zero-order valence-electron chi connectivity index (χ0n) is 12.8. The number of hydrogen-bond acceptors (Lipinski definition) is 3. The van der Waals surface area contributed by atoms with E-state index in [-0.39, 0.29) is 6.09 Å². The number of piperidine rings is 1. The van der Waals surface area contributed by atoms with Crippen LogP contribution in [0.2, 0.25) is 0 Å². The molecule has 2 rings (SSSR count). The van der Waals surface area contributed by atoms with Crippen LogP contribution in [0, 0.1) is 0 Å². The summed E-state index contributed by atoms with van der Waals surface area (Å²) in [5.41, 5.74) is -0.391. The average Bonchev–Trinajstić information content (AvgIpc) is 2.73. The minimum Gasteiger partial charge on any atom is -0.444 e. The Kier molecular flexibility index (Phi) is 4.39. The number of carbonyl (C=O) groups is 1. The van der Waals surface area contributed by atoms with Crippen LogP contribution in [0.5, 0.6) is 0 Å². The fourth-order valence-corrected chi connectivity index (χ4v) is 3.20. The highest BCUT2D eigenvalue weighted by atomic mass is 16.6. The smallest absolute Gasteiger partial charge is 0.410 e. The van der Waals surface area contributed by atoms with Gasteiger partial charge in [-0.2, -0.15) is 0 Å². The van der Waals surface area contributed by atoms with E-state index >= 15 is 0 Å². The third kappa shape index (κ3) is 3.85. The van der Waals surface area contributed by atoms with E-state index in [9.17, 15) is 4.79 Å². The quantitative estimate of drug-likeness (QED) is 0.733. The molecule has 4 heteroatoms. The van der Waals surface area contributed by atoms with E-state index in [0.29, 0.717) is 6.04 Å². The van der Waals surface area contributed by atoms with Gasteiger partial charge in [-0.3, -0.25) is 4.90 Å². The molecule has 0 unspecified atom stereocenters. The van der Waals surface area contributed by atoms with Gasteiger partial charge in [-0.25, -0.2) is 4.79 Å². The predicted octanol–water partition coefficient (Wildman–Crippen LogP) is 2.87. The second-order valence-electron chi connectivity index (χ2n) is 6.93. The number of hydrogen-bond donors (Lipinski definition) is 0. The summed E-state index contributed by atoms with van der Waals surface area (Å²) in [6.07, 6.45) is 4.67. The zero-order chi connectivity index (χ0) is 14.0. The van der Waals surface area contributed by atoms with Gasteiger partial charge in [-0.15, -0.1) is 0 Å². The van der Waals surface area contributed by atoms with Gasteiger partial charge in [-0.05, 0) is 59.9 Å². The van der Waals surface area contributed by atoms with E-state index in [2.05, 4.69) is 11.8 Å². The highest BCUT2D eigenvalue weighted by Gasteiger charge is 2.32. The number of amides is 1. The van der Waals surface area contributed by atoms with Gasteiger partial charge in [0, 0.05) is 25.2 Å². The van der Waals surface area contributed by atoms with Crippen molar-refractivity contribution in [3.05, 3.63) is 0 Å². The highest BCUT2D eigenvalue weighted by molar-refractivity contribution is 5.68. The summed E-state index contributed by atoms with van der Waals surface area (Å²) in [7, 11) is 0. The lowest BCUT2D eigenvalue weighted by Gasteiger charge is -2.38. The van der Waals surface area contributed by atoms with Crippen LogP contribution in [0.15, 0.2) is 0 Å². The zero-order valence-corrected chi connectivity index (χ0v) is 12.8. The number of likely N-dealkylation sites (tertiary alicyclic amines) is 2. The Bertz CT molecular complexity index is 317. The van der Waals surface area contributed by atoms with Gasteiger partial charge >= 0.3 is 6.09 Å². The number of carbonyl (C=O) groups excluding carboxylic acids is 1. The molecule has 2 heterocycles. The first kappa shape index (κ1) is 14.6. The van der Waals surface area contributed by atoms with Crippen molar-refractivity contribution in [2.24, 2.45) is 0 Å². The van der Waals surface area contributed by atoms with Crippen molar-refractivity contribution in [2.75, 3.05) is 19.6 Å². The topological polar surface area (TPSA) is 32.8 Å². The standard InChI is InChI=1S/C15H28N2O2/c1-12-6-5-9-17(12)13-7-10-16(11-8-13)14(18)19-15(2,3)4/h12-13H,5-11H2,1-4H3/t12-/m0/s1. The largest absolute Gasteiger partial charge is 0.444 e. The summed E-state index contributed by atoms with van der Waals surface area (Å²) in [4.78, 5) is 16.5. The lowest BCUT2D eigenvalue weighted by molar-refractivity contribution is 0.0139. The minimum atomic E-state index is -0.391. The molecule has 0 radical (unpaired) electrons. The summed E-state index contributed by atoms with van der Waals surface area (Å²) in [6.45, 7) is 11.0. The molecule has 0 saturated carbocycles. The van der Waals surface area contributed by atoms with Crippen LogP contribution >= 0.6 is 0 Å². The number of rotatable bonds is 1. The van der Waals surface area contributed by atoms with E-state index in [4.69, 9.17) is 4.74 Å². The van der Waals surface area contributed by atoms with Gasteiger partial charge in [-0.1, -0.05) is 0 Å². The van der Waals surface area contributed by atoms with E-state index in [1.54, 1.807) is 0 Å². The van der Waals surface area contributed by atoms with Gasteiger partial charge in [0.25, 0.3) is 0 Å². The van der Waals surface area contributed by atoms with Crippen LogP contribution in [-0.2, 0) is 4.74 Å². The van der Waals surface area contributed by atoms with Crippen LogP contribution in [0.3, 0.4) is 0 Å². The first-order valence-corrected chi connectivity index (χ1v) is 7.60. The summed E-state index contributed by atoms with van der Waals surface area (Å²) >= 11 is 0. The number of ether oxygens (including phenoxy) is 1. The monoisotopic (exact) mass is 268 g/mol. The van der Waals surface area contributed by atoms with Crippen molar-refractivity contribution in [1.29, 1.82) is 0 Å². The van der Waals surface area contributed by atoms with Crippen molar-refractivity contribution in [1.82, 2.24) is 9.80 Å². The van der Waals surface area contributed by atoms with E-state index in [1.807, 2.05) is 25.7 Å². The molecule has 4 nitrogen and oxygen atoms in total. The molecular formula is C15H28N2O2. The molecule has 1 atom stereocenters. The molecule has 0 aliphatic carbocycles. The van der Waals surface area contributed by atoms with Crippen molar-refractivity contribution in [3.8, 4) is 0 Å². The third-order valence-corrected chi connectivity index (χ3v) is 4.19. The first-order valence-electron chi connectivity index (χ1n) is 7.60. The molecule has 2 saturated heterocycles. The Hall–Kier alpha value is -0.770. The van der Waals surface area contributed by atoms with Crippen molar-refractivity contribution in [3.63, 3.8) is 0 Å². The lowest BCUT2D eigenvalue weighted by Crippen LogP contribution is -2.48. The second kappa shape index (κ2) is 5.70. The molecule has 2 fully saturated rings.